The number of rotatable bonds is 7. The molecule has 10 heteroatoms. The summed E-state index contributed by atoms with van der Waals surface area (Å²) in [5.74, 6) is -0.663. The fourth-order valence-corrected chi connectivity index (χ4v) is 2.83. The number of ether oxygens (including phenoxy) is 2. The van der Waals surface area contributed by atoms with Gasteiger partial charge in [-0.2, -0.15) is 8.78 Å². The number of benzene rings is 2. The number of hydrogen-bond acceptors (Lipinski definition) is 5. The summed E-state index contributed by atoms with van der Waals surface area (Å²) in [7, 11) is -2.53. The van der Waals surface area contributed by atoms with E-state index in [0.717, 1.165) is 0 Å². The molecule has 0 aliphatic heterocycles. The number of amides is 1. The molecule has 0 saturated carbocycles. The standard InChI is InChI=1S/C17H18F2N2O5S/c1-10(11-3-6-13(7-4-11)27(20,23)24)21-16(22)12-5-8-14(26-17(18)19)15(9-12)25-2/h3-10,17H,1-2H3,(H,21,22)(H2,20,23,24)/t10-/m1/s1. The molecule has 0 aliphatic carbocycles. The predicted octanol–water partition coefficient (Wildman–Crippen LogP) is 2.44. The Labute approximate surface area is 155 Å². The van der Waals surface area contributed by atoms with Gasteiger partial charge in [-0.05, 0) is 42.8 Å². The molecular formula is C17H18F2N2O5S. The van der Waals surface area contributed by atoms with Gasteiger partial charge in [0.2, 0.25) is 10.0 Å². The van der Waals surface area contributed by atoms with Crippen LogP contribution in [0.1, 0.15) is 28.9 Å². The number of halogens is 2. The van der Waals surface area contributed by atoms with Crippen molar-refractivity contribution in [3.8, 4) is 11.5 Å². The lowest BCUT2D eigenvalue weighted by Crippen LogP contribution is -2.26. The van der Waals surface area contributed by atoms with Crippen molar-refractivity contribution in [2.45, 2.75) is 24.5 Å². The second-order valence-corrected chi connectivity index (χ2v) is 7.11. The molecule has 27 heavy (non-hydrogen) atoms. The summed E-state index contributed by atoms with van der Waals surface area (Å²) >= 11 is 0. The average Bonchev–Trinajstić information content (AvgIpc) is 2.60. The first-order chi connectivity index (χ1) is 12.6. The van der Waals surface area contributed by atoms with Crippen molar-refractivity contribution in [1.29, 1.82) is 0 Å². The van der Waals surface area contributed by atoms with E-state index in [4.69, 9.17) is 9.88 Å². The smallest absolute Gasteiger partial charge is 0.387 e. The van der Waals surface area contributed by atoms with Crippen LogP contribution < -0.4 is 19.9 Å². The molecule has 0 spiro atoms. The molecule has 0 saturated heterocycles. The molecule has 1 amide bonds. The predicted molar refractivity (Wildman–Crippen MR) is 93.3 cm³/mol. The van der Waals surface area contributed by atoms with Crippen LogP contribution in [0.5, 0.6) is 11.5 Å². The number of sulfonamides is 1. The zero-order valence-corrected chi connectivity index (χ0v) is 15.3. The first-order valence-electron chi connectivity index (χ1n) is 7.68. The first-order valence-corrected chi connectivity index (χ1v) is 9.23. The summed E-state index contributed by atoms with van der Waals surface area (Å²) in [4.78, 5) is 12.3. The highest BCUT2D eigenvalue weighted by molar-refractivity contribution is 7.89. The molecule has 7 nitrogen and oxygen atoms in total. The molecule has 2 aromatic rings. The number of carbonyl (C=O) groups is 1. The highest BCUT2D eigenvalue weighted by Gasteiger charge is 2.17. The van der Waals surface area contributed by atoms with E-state index >= 15 is 0 Å². The number of carbonyl (C=O) groups excluding carboxylic acids is 1. The molecule has 0 bridgehead atoms. The average molecular weight is 400 g/mol. The quantitative estimate of drug-likeness (QED) is 0.742. The molecule has 0 unspecified atom stereocenters. The largest absolute Gasteiger partial charge is 0.493 e. The van der Waals surface area contributed by atoms with Crippen LogP contribution in [0.25, 0.3) is 0 Å². The molecule has 2 rings (SSSR count). The van der Waals surface area contributed by atoms with Gasteiger partial charge in [0.25, 0.3) is 5.91 Å². The lowest BCUT2D eigenvalue weighted by atomic mass is 10.1. The molecule has 0 radical (unpaired) electrons. The lowest BCUT2D eigenvalue weighted by molar-refractivity contribution is -0.0512. The van der Waals surface area contributed by atoms with Crippen LogP contribution in [0.3, 0.4) is 0 Å². The summed E-state index contributed by atoms with van der Waals surface area (Å²) in [6.07, 6.45) is 0. The van der Waals surface area contributed by atoms with Gasteiger partial charge >= 0.3 is 6.61 Å². The molecule has 0 fully saturated rings. The van der Waals surface area contributed by atoms with Gasteiger partial charge in [-0.3, -0.25) is 4.79 Å². The van der Waals surface area contributed by atoms with E-state index in [9.17, 15) is 22.0 Å². The van der Waals surface area contributed by atoms with Crippen LogP contribution in [0.15, 0.2) is 47.4 Å². The van der Waals surface area contributed by atoms with E-state index in [-0.39, 0.29) is 22.0 Å². The third-order valence-corrected chi connectivity index (χ3v) is 4.63. The van der Waals surface area contributed by atoms with Crippen LogP contribution in [-0.2, 0) is 10.0 Å². The highest BCUT2D eigenvalue weighted by atomic mass is 32.2. The van der Waals surface area contributed by atoms with Gasteiger partial charge < -0.3 is 14.8 Å². The Bertz CT molecular complexity index is 917. The van der Waals surface area contributed by atoms with Gasteiger partial charge in [0.1, 0.15) is 0 Å². The Morgan fingerprint density at radius 3 is 2.26 bits per heavy atom. The summed E-state index contributed by atoms with van der Waals surface area (Å²) in [5.41, 5.74) is 0.835. The number of methoxy groups -OCH3 is 1. The highest BCUT2D eigenvalue weighted by Crippen LogP contribution is 2.29. The number of alkyl halides is 2. The summed E-state index contributed by atoms with van der Waals surface area (Å²) in [5, 5.41) is 7.76. The summed E-state index contributed by atoms with van der Waals surface area (Å²) in [6.45, 7) is -1.31. The van der Waals surface area contributed by atoms with Crippen LogP contribution in [0.4, 0.5) is 8.78 Å². The van der Waals surface area contributed by atoms with Gasteiger partial charge in [-0.25, -0.2) is 13.6 Å². The van der Waals surface area contributed by atoms with E-state index in [1.54, 1.807) is 6.92 Å². The number of primary sulfonamides is 1. The molecule has 0 aliphatic rings. The minimum Gasteiger partial charge on any atom is -0.493 e. The maximum Gasteiger partial charge on any atom is 0.387 e. The van der Waals surface area contributed by atoms with Crippen molar-refractivity contribution in [2.24, 2.45) is 5.14 Å². The Morgan fingerprint density at radius 1 is 1.11 bits per heavy atom. The van der Waals surface area contributed by atoms with E-state index in [2.05, 4.69) is 10.1 Å². The molecule has 146 valence electrons. The van der Waals surface area contributed by atoms with Gasteiger partial charge in [-0.15, -0.1) is 0 Å². The van der Waals surface area contributed by atoms with Crippen molar-refractivity contribution >= 4 is 15.9 Å². The monoisotopic (exact) mass is 400 g/mol. The molecular weight excluding hydrogens is 382 g/mol. The maximum absolute atomic E-state index is 12.4. The molecule has 0 heterocycles. The van der Waals surface area contributed by atoms with Gasteiger partial charge in [0.15, 0.2) is 11.5 Å². The van der Waals surface area contributed by atoms with Gasteiger partial charge in [0.05, 0.1) is 18.0 Å². The second kappa shape index (κ2) is 8.31. The van der Waals surface area contributed by atoms with Crippen LogP contribution in [-0.4, -0.2) is 28.0 Å². The van der Waals surface area contributed by atoms with E-state index in [0.29, 0.717) is 5.56 Å². The van der Waals surface area contributed by atoms with Crippen molar-refractivity contribution in [2.75, 3.05) is 7.11 Å². The summed E-state index contributed by atoms with van der Waals surface area (Å²) < 4.78 is 56.5. The van der Waals surface area contributed by atoms with Crippen molar-refractivity contribution in [3.05, 3.63) is 53.6 Å². The maximum atomic E-state index is 12.4. The number of nitrogens with one attached hydrogen (secondary N) is 1. The van der Waals surface area contributed by atoms with Crippen LogP contribution >= 0.6 is 0 Å². The SMILES string of the molecule is COc1cc(C(=O)N[C@H](C)c2ccc(S(N)(=O)=O)cc2)ccc1OC(F)F. The fourth-order valence-electron chi connectivity index (χ4n) is 2.31. The number of nitrogens with two attached hydrogens (primary N) is 1. The van der Waals surface area contributed by atoms with Crippen LogP contribution in [0, 0.1) is 0 Å². The Hall–Kier alpha value is -2.72. The van der Waals surface area contributed by atoms with Crippen molar-refractivity contribution in [1.82, 2.24) is 5.32 Å². The molecule has 2 aromatic carbocycles. The van der Waals surface area contributed by atoms with Crippen LogP contribution in [0.2, 0.25) is 0 Å². The van der Waals surface area contributed by atoms with E-state index in [1.165, 1.54) is 49.6 Å². The minimum absolute atomic E-state index is 0.00638. The first kappa shape index (κ1) is 20.6. The third-order valence-electron chi connectivity index (χ3n) is 3.70. The molecule has 3 N–H and O–H groups in total. The third kappa shape index (κ3) is 5.38. The Morgan fingerprint density at radius 2 is 1.74 bits per heavy atom. The second-order valence-electron chi connectivity index (χ2n) is 5.55. The molecule has 1 atom stereocenters. The van der Waals surface area contributed by atoms with E-state index < -0.39 is 28.6 Å². The fraction of sp³-hybridized carbons (Fsp3) is 0.235. The minimum atomic E-state index is -3.80. The van der Waals surface area contributed by atoms with Gasteiger partial charge in [0, 0.05) is 5.56 Å². The molecule has 0 aromatic heterocycles. The van der Waals surface area contributed by atoms with E-state index in [1.807, 2.05) is 0 Å². The van der Waals surface area contributed by atoms with Crippen molar-refractivity contribution in [3.63, 3.8) is 0 Å². The topological polar surface area (TPSA) is 108 Å². The zero-order valence-electron chi connectivity index (χ0n) is 14.5. The normalized spacial score (nSPS) is 12.5. The van der Waals surface area contributed by atoms with Crippen molar-refractivity contribution < 1.29 is 31.5 Å². The number of hydrogen-bond donors (Lipinski definition) is 2. The Kier molecular flexibility index (Phi) is 6.34. The lowest BCUT2D eigenvalue weighted by Gasteiger charge is -2.16. The summed E-state index contributed by atoms with van der Waals surface area (Å²) in [6, 6.07) is 9.12. The zero-order chi connectivity index (χ0) is 20.2. The van der Waals surface area contributed by atoms with Gasteiger partial charge in [-0.1, -0.05) is 12.1 Å². The Balaban J connectivity index is 2.14.